The first-order valence-electron chi connectivity index (χ1n) is 9.21. The van der Waals surface area contributed by atoms with E-state index in [0.717, 1.165) is 44.8 Å². The van der Waals surface area contributed by atoms with Gasteiger partial charge in [0.25, 0.3) is 0 Å². The van der Waals surface area contributed by atoms with Crippen molar-refractivity contribution in [2.45, 2.75) is 40.2 Å². The molecule has 27 heavy (non-hydrogen) atoms. The van der Waals surface area contributed by atoms with Crippen LogP contribution >= 0.6 is 15.9 Å². The Kier molecular flexibility index (Phi) is 6.11. The highest BCUT2D eigenvalue weighted by Gasteiger charge is 2.11. The molecule has 0 aliphatic heterocycles. The fourth-order valence-electron chi connectivity index (χ4n) is 2.89. The van der Waals surface area contributed by atoms with Crippen LogP contribution in [0.5, 0.6) is 0 Å². The van der Waals surface area contributed by atoms with E-state index in [9.17, 15) is 0 Å². The van der Waals surface area contributed by atoms with Crippen LogP contribution in [0.25, 0.3) is 11.3 Å². The van der Waals surface area contributed by atoms with Gasteiger partial charge in [0.2, 0.25) is 5.95 Å². The van der Waals surface area contributed by atoms with Gasteiger partial charge in [-0.15, -0.1) is 0 Å². The summed E-state index contributed by atoms with van der Waals surface area (Å²) >= 11 is 3.56. The molecule has 2 aromatic carbocycles. The van der Waals surface area contributed by atoms with Crippen LogP contribution < -0.4 is 10.6 Å². The first-order valence-corrected chi connectivity index (χ1v) is 10.0. The van der Waals surface area contributed by atoms with Crippen molar-refractivity contribution in [1.29, 1.82) is 0 Å². The minimum atomic E-state index is 0.306. The van der Waals surface area contributed by atoms with Gasteiger partial charge in [0, 0.05) is 27.8 Å². The van der Waals surface area contributed by atoms with Crippen LogP contribution in [-0.4, -0.2) is 16.0 Å². The smallest absolute Gasteiger partial charge is 0.225 e. The van der Waals surface area contributed by atoms with Crippen molar-refractivity contribution in [3.05, 3.63) is 64.1 Å². The number of hydrogen-bond donors (Lipinski definition) is 2. The lowest BCUT2D eigenvalue weighted by Gasteiger charge is -2.16. The van der Waals surface area contributed by atoms with Gasteiger partial charge in [0.05, 0.1) is 5.69 Å². The molecule has 5 heteroatoms. The summed E-state index contributed by atoms with van der Waals surface area (Å²) in [6.07, 6.45) is 1.01. The molecule has 1 atom stereocenters. The summed E-state index contributed by atoms with van der Waals surface area (Å²) in [5, 5.41) is 6.89. The fourth-order valence-corrected chi connectivity index (χ4v) is 3.58. The van der Waals surface area contributed by atoms with E-state index in [1.807, 2.05) is 24.3 Å². The summed E-state index contributed by atoms with van der Waals surface area (Å²) in [5.41, 5.74) is 5.37. The van der Waals surface area contributed by atoms with Crippen LogP contribution in [0.2, 0.25) is 0 Å². The fraction of sp³-hybridized carbons (Fsp3) is 0.273. The maximum Gasteiger partial charge on any atom is 0.225 e. The van der Waals surface area contributed by atoms with Crippen LogP contribution in [0.3, 0.4) is 0 Å². The van der Waals surface area contributed by atoms with Gasteiger partial charge < -0.3 is 10.6 Å². The van der Waals surface area contributed by atoms with Gasteiger partial charge >= 0.3 is 0 Å². The number of anilines is 3. The van der Waals surface area contributed by atoms with Crippen molar-refractivity contribution < 1.29 is 0 Å². The minimum Gasteiger partial charge on any atom is -0.352 e. The molecule has 0 radical (unpaired) electrons. The molecule has 140 valence electrons. The highest BCUT2D eigenvalue weighted by atomic mass is 79.9. The van der Waals surface area contributed by atoms with Gasteiger partial charge in [-0.1, -0.05) is 53.2 Å². The number of hydrogen-bond acceptors (Lipinski definition) is 4. The third-order valence-electron chi connectivity index (χ3n) is 4.53. The molecule has 1 aromatic heterocycles. The molecule has 0 unspecified atom stereocenters. The van der Waals surface area contributed by atoms with Crippen molar-refractivity contribution in [2.75, 3.05) is 10.6 Å². The molecule has 2 N–H and O–H groups in total. The minimum absolute atomic E-state index is 0.306. The van der Waals surface area contributed by atoms with Gasteiger partial charge in [-0.25, -0.2) is 4.98 Å². The highest BCUT2D eigenvalue weighted by molar-refractivity contribution is 9.10. The maximum absolute atomic E-state index is 4.72. The molecule has 3 rings (SSSR count). The lowest BCUT2D eigenvalue weighted by Crippen LogP contribution is -2.16. The third kappa shape index (κ3) is 4.86. The van der Waals surface area contributed by atoms with Crippen LogP contribution in [-0.2, 0) is 0 Å². The summed E-state index contributed by atoms with van der Waals surface area (Å²) in [6.45, 7) is 8.47. The second kappa shape index (κ2) is 8.53. The Hall–Kier alpha value is -2.40. The van der Waals surface area contributed by atoms with Crippen molar-refractivity contribution >= 4 is 33.4 Å². The number of rotatable bonds is 6. The van der Waals surface area contributed by atoms with E-state index in [2.05, 4.69) is 78.5 Å². The Labute approximate surface area is 169 Å². The number of nitrogens with zero attached hydrogens (tertiary/aromatic N) is 2. The number of aryl methyl sites for hydroxylation is 2. The van der Waals surface area contributed by atoms with Gasteiger partial charge in [-0.3, -0.25) is 0 Å². The van der Waals surface area contributed by atoms with E-state index in [1.54, 1.807) is 0 Å². The predicted molar refractivity (Wildman–Crippen MR) is 118 cm³/mol. The van der Waals surface area contributed by atoms with E-state index >= 15 is 0 Å². The average Bonchev–Trinajstić information content (AvgIpc) is 2.65. The summed E-state index contributed by atoms with van der Waals surface area (Å²) in [7, 11) is 0. The van der Waals surface area contributed by atoms with Crippen LogP contribution in [0, 0.1) is 13.8 Å². The molecular formula is C22H25BrN4. The first kappa shape index (κ1) is 19.4. The van der Waals surface area contributed by atoms with E-state index in [1.165, 1.54) is 0 Å². The third-order valence-corrected chi connectivity index (χ3v) is 4.99. The Bertz CT molecular complexity index is 902. The molecule has 0 fully saturated rings. The van der Waals surface area contributed by atoms with Crippen LogP contribution in [0.15, 0.2) is 53.0 Å². The monoisotopic (exact) mass is 424 g/mol. The van der Waals surface area contributed by atoms with Crippen LogP contribution in [0.1, 0.15) is 31.4 Å². The number of benzene rings is 2. The van der Waals surface area contributed by atoms with Crippen molar-refractivity contribution in [1.82, 2.24) is 9.97 Å². The summed E-state index contributed by atoms with van der Waals surface area (Å²) in [5.74, 6) is 1.42. The number of aromatic nitrogens is 2. The summed E-state index contributed by atoms with van der Waals surface area (Å²) in [6, 6.07) is 16.7. The van der Waals surface area contributed by atoms with Crippen molar-refractivity contribution in [3.63, 3.8) is 0 Å². The average molecular weight is 425 g/mol. The standard InChI is InChI=1S/C22H25BrN4/c1-5-16(4)24-22-25-19(17-9-7-6-8-10-17)13-20(27-22)26-21-14(2)11-18(23)12-15(21)3/h6-13,16H,5H2,1-4H3,(H2,24,25,26,27)/t16-/m0/s1. The molecule has 0 aliphatic carbocycles. The molecule has 0 aliphatic rings. The zero-order chi connectivity index (χ0) is 19.4. The topological polar surface area (TPSA) is 49.8 Å². The van der Waals surface area contributed by atoms with Gasteiger partial charge in [0.15, 0.2) is 0 Å². The molecule has 0 saturated carbocycles. The first-order chi connectivity index (χ1) is 13.0. The maximum atomic E-state index is 4.72. The van der Waals surface area contributed by atoms with Crippen molar-refractivity contribution in [3.8, 4) is 11.3 Å². The Morgan fingerprint density at radius 3 is 2.30 bits per heavy atom. The summed E-state index contributed by atoms with van der Waals surface area (Å²) in [4.78, 5) is 9.42. The number of halogens is 1. The Morgan fingerprint density at radius 1 is 1.00 bits per heavy atom. The lowest BCUT2D eigenvalue weighted by molar-refractivity contribution is 0.753. The zero-order valence-electron chi connectivity index (χ0n) is 16.2. The largest absolute Gasteiger partial charge is 0.352 e. The normalized spacial score (nSPS) is 11.9. The molecule has 0 saturated heterocycles. The number of nitrogens with one attached hydrogen (secondary N) is 2. The quantitative estimate of drug-likeness (QED) is 0.475. The highest BCUT2D eigenvalue weighted by Crippen LogP contribution is 2.29. The SMILES string of the molecule is CC[C@H](C)Nc1nc(Nc2c(C)cc(Br)cc2C)cc(-c2ccccc2)n1. The van der Waals surface area contributed by atoms with Crippen LogP contribution in [0.4, 0.5) is 17.5 Å². The van der Waals surface area contributed by atoms with E-state index in [4.69, 9.17) is 9.97 Å². The second-order valence-electron chi connectivity index (χ2n) is 6.82. The molecule has 0 amide bonds. The van der Waals surface area contributed by atoms with E-state index in [-0.39, 0.29) is 0 Å². The molecule has 1 heterocycles. The van der Waals surface area contributed by atoms with Crippen molar-refractivity contribution in [2.24, 2.45) is 0 Å². The molecule has 0 spiro atoms. The Balaban J connectivity index is 2.02. The van der Waals surface area contributed by atoms with E-state index in [0.29, 0.717) is 12.0 Å². The molecular weight excluding hydrogens is 400 g/mol. The molecule has 0 bridgehead atoms. The van der Waals surface area contributed by atoms with E-state index < -0.39 is 0 Å². The molecule has 3 aromatic rings. The van der Waals surface area contributed by atoms with Gasteiger partial charge in [-0.2, -0.15) is 4.98 Å². The molecule has 4 nitrogen and oxygen atoms in total. The summed E-state index contributed by atoms with van der Waals surface area (Å²) < 4.78 is 1.08. The lowest BCUT2D eigenvalue weighted by atomic mass is 10.1. The second-order valence-corrected chi connectivity index (χ2v) is 7.74. The zero-order valence-corrected chi connectivity index (χ0v) is 17.8. The predicted octanol–water partition coefficient (Wildman–Crippen LogP) is 6.48. The Morgan fingerprint density at radius 2 is 1.67 bits per heavy atom. The van der Waals surface area contributed by atoms with Gasteiger partial charge in [-0.05, 0) is 50.5 Å². The van der Waals surface area contributed by atoms with Gasteiger partial charge in [0.1, 0.15) is 5.82 Å².